The zero-order chi connectivity index (χ0) is 20.8. The molecule has 1 aromatic heterocycles. The minimum absolute atomic E-state index is 0.130. The van der Waals surface area contributed by atoms with Gasteiger partial charge in [0.25, 0.3) is 0 Å². The summed E-state index contributed by atoms with van der Waals surface area (Å²) in [5, 5.41) is 14.4. The number of aromatic nitrogens is 3. The first-order valence-corrected chi connectivity index (χ1v) is 12.0. The Kier molecular flexibility index (Phi) is 4.78. The number of hydrogen-bond acceptors (Lipinski definition) is 5. The molecule has 0 radical (unpaired) electrons. The molecule has 152 valence electrons. The van der Waals surface area contributed by atoms with Crippen molar-refractivity contribution in [1.82, 2.24) is 14.9 Å². The fourth-order valence-electron chi connectivity index (χ4n) is 3.88. The topological polar surface area (TPSA) is 34.0 Å². The minimum Gasteiger partial charge on any atom is -0.252 e. The van der Waals surface area contributed by atoms with Crippen LogP contribution in [0.15, 0.2) is 100 Å². The number of thioether (sulfide) groups is 2. The summed E-state index contributed by atoms with van der Waals surface area (Å²) in [4.78, 5) is 1.34. The molecule has 0 amide bonds. The molecule has 1 atom stereocenters. The van der Waals surface area contributed by atoms with Gasteiger partial charge in [-0.3, -0.25) is 5.01 Å². The number of fused-ring (bicyclic) bond motifs is 3. The van der Waals surface area contributed by atoms with Gasteiger partial charge in [0.1, 0.15) is 10.4 Å². The molecule has 2 aliphatic heterocycles. The molecule has 7 heteroatoms. The van der Waals surface area contributed by atoms with Crippen molar-refractivity contribution in [2.75, 3.05) is 5.01 Å². The molecular weight excluding hydrogens is 444 g/mol. The van der Waals surface area contributed by atoms with Crippen LogP contribution in [0.3, 0.4) is 0 Å². The van der Waals surface area contributed by atoms with Crippen molar-refractivity contribution >= 4 is 35.1 Å². The third-order valence-corrected chi connectivity index (χ3v) is 8.10. The highest BCUT2D eigenvalue weighted by Crippen LogP contribution is 2.56. The summed E-state index contributed by atoms with van der Waals surface area (Å²) < 4.78 is 2.18. The summed E-state index contributed by atoms with van der Waals surface area (Å²) in [6.07, 6.45) is 0.864. The maximum absolute atomic E-state index is 6.09. The normalized spacial score (nSPS) is 17.2. The molecular formula is C24H17ClN4S2. The van der Waals surface area contributed by atoms with Crippen molar-refractivity contribution in [2.24, 2.45) is 0 Å². The van der Waals surface area contributed by atoms with Gasteiger partial charge in [-0.25, -0.2) is 4.68 Å². The molecule has 0 saturated carbocycles. The fraction of sp³-hybridized carbons (Fsp3) is 0.0833. The Bertz CT molecular complexity index is 1270. The smallest absolute Gasteiger partial charge is 0.217 e. The van der Waals surface area contributed by atoms with Gasteiger partial charge >= 0.3 is 0 Å². The Labute approximate surface area is 193 Å². The van der Waals surface area contributed by atoms with Gasteiger partial charge in [0, 0.05) is 21.9 Å². The van der Waals surface area contributed by atoms with Gasteiger partial charge in [-0.15, -0.1) is 10.2 Å². The Morgan fingerprint density at radius 3 is 2.29 bits per heavy atom. The maximum atomic E-state index is 6.09. The van der Waals surface area contributed by atoms with E-state index in [0.717, 1.165) is 28.0 Å². The monoisotopic (exact) mass is 460 g/mol. The van der Waals surface area contributed by atoms with Crippen LogP contribution in [0.2, 0.25) is 5.02 Å². The van der Waals surface area contributed by atoms with Gasteiger partial charge in [0.05, 0.1) is 0 Å². The Hall–Kier alpha value is -2.67. The summed E-state index contributed by atoms with van der Waals surface area (Å²) >= 11 is 9.69. The minimum atomic E-state index is 0.130. The van der Waals surface area contributed by atoms with E-state index >= 15 is 0 Å². The molecule has 0 N–H and O–H groups in total. The maximum Gasteiger partial charge on any atom is 0.217 e. The van der Waals surface area contributed by atoms with Crippen LogP contribution in [0.5, 0.6) is 0 Å². The Morgan fingerprint density at radius 2 is 1.55 bits per heavy atom. The Morgan fingerprint density at radius 1 is 0.839 bits per heavy atom. The van der Waals surface area contributed by atoms with Gasteiger partial charge in [-0.05, 0) is 35.0 Å². The first-order valence-electron chi connectivity index (χ1n) is 9.95. The average Bonchev–Trinajstić information content (AvgIpc) is 3.48. The van der Waals surface area contributed by atoms with E-state index in [1.165, 1.54) is 21.1 Å². The summed E-state index contributed by atoms with van der Waals surface area (Å²) in [6, 6.07) is 29.0. The van der Waals surface area contributed by atoms with Gasteiger partial charge < -0.3 is 0 Å². The summed E-state index contributed by atoms with van der Waals surface area (Å²) in [5.41, 5.74) is 3.57. The standard InChI is InChI=1S/C24H17ClN4S2/c25-19-13-11-16(12-14-19)15-20-23-29(22(30-20)18-9-5-2-6-10-18)28-21(26-27-24(28)31-23)17-7-3-1-4-8-17/h1-14,22H,15H2/t22-/m0/s1. The second kappa shape index (κ2) is 7.79. The van der Waals surface area contributed by atoms with E-state index in [0.29, 0.717) is 0 Å². The molecule has 4 aromatic rings. The van der Waals surface area contributed by atoms with Gasteiger partial charge in [0.2, 0.25) is 5.16 Å². The van der Waals surface area contributed by atoms with E-state index in [4.69, 9.17) is 11.6 Å². The fourth-order valence-corrected chi connectivity index (χ4v) is 6.63. The second-order valence-electron chi connectivity index (χ2n) is 7.34. The third-order valence-electron chi connectivity index (χ3n) is 5.33. The van der Waals surface area contributed by atoms with Crippen molar-refractivity contribution in [3.8, 4) is 11.4 Å². The number of benzene rings is 3. The molecule has 6 rings (SSSR count). The molecule has 2 aliphatic rings. The molecule has 0 unspecified atom stereocenters. The van der Waals surface area contributed by atoms with Crippen LogP contribution in [-0.2, 0) is 6.42 Å². The molecule has 3 aromatic carbocycles. The first-order chi connectivity index (χ1) is 15.3. The highest BCUT2D eigenvalue weighted by atomic mass is 35.5. The quantitative estimate of drug-likeness (QED) is 0.347. The van der Waals surface area contributed by atoms with E-state index in [1.54, 1.807) is 11.8 Å². The Balaban J connectivity index is 1.45. The van der Waals surface area contributed by atoms with Crippen LogP contribution in [-0.4, -0.2) is 14.9 Å². The molecule has 0 spiro atoms. The van der Waals surface area contributed by atoms with E-state index < -0.39 is 0 Å². The van der Waals surface area contributed by atoms with Crippen LogP contribution < -0.4 is 5.01 Å². The second-order valence-corrected chi connectivity index (χ2v) is 9.91. The van der Waals surface area contributed by atoms with E-state index in [1.807, 2.05) is 42.1 Å². The van der Waals surface area contributed by atoms with Crippen molar-refractivity contribution in [1.29, 1.82) is 0 Å². The van der Waals surface area contributed by atoms with Crippen LogP contribution >= 0.6 is 35.1 Å². The number of nitrogens with zero attached hydrogens (tertiary/aromatic N) is 4. The first kappa shape index (κ1) is 19.0. The zero-order valence-electron chi connectivity index (χ0n) is 16.4. The molecule has 4 nitrogen and oxygen atoms in total. The summed E-state index contributed by atoms with van der Waals surface area (Å²) in [7, 11) is 0. The highest BCUT2D eigenvalue weighted by Gasteiger charge is 2.43. The number of halogens is 1. The van der Waals surface area contributed by atoms with E-state index in [-0.39, 0.29) is 5.37 Å². The van der Waals surface area contributed by atoms with Gasteiger partial charge in [0.15, 0.2) is 5.82 Å². The van der Waals surface area contributed by atoms with Gasteiger partial charge in [-0.1, -0.05) is 96.2 Å². The molecule has 3 heterocycles. The predicted octanol–water partition coefficient (Wildman–Crippen LogP) is 6.50. The molecule has 0 aliphatic carbocycles. The zero-order valence-corrected chi connectivity index (χ0v) is 18.7. The highest BCUT2D eigenvalue weighted by molar-refractivity contribution is 8.08. The predicted molar refractivity (Wildman–Crippen MR) is 128 cm³/mol. The lowest BCUT2D eigenvalue weighted by atomic mass is 10.1. The summed E-state index contributed by atoms with van der Waals surface area (Å²) in [6.45, 7) is 0. The molecule has 0 bridgehead atoms. The van der Waals surface area contributed by atoms with Crippen LogP contribution in [0.4, 0.5) is 0 Å². The molecule has 0 saturated heterocycles. The molecule has 0 fully saturated rings. The number of hydrogen-bond donors (Lipinski definition) is 0. The average molecular weight is 461 g/mol. The lowest BCUT2D eigenvalue weighted by molar-refractivity contribution is 0.639. The SMILES string of the molecule is Clc1ccc(CC2=C3Sc4nnc(-c5ccccc5)n4N3[C@H](c3ccccc3)S2)cc1. The van der Waals surface area contributed by atoms with Crippen molar-refractivity contribution in [3.63, 3.8) is 0 Å². The van der Waals surface area contributed by atoms with Crippen molar-refractivity contribution < 1.29 is 0 Å². The summed E-state index contributed by atoms with van der Waals surface area (Å²) in [5.74, 6) is 0.868. The lowest BCUT2D eigenvalue weighted by Crippen LogP contribution is -2.29. The largest absolute Gasteiger partial charge is 0.252 e. The van der Waals surface area contributed by atoms with Crippen LogP contribution in [0.1, 0.15) is 16.5 Å². The molecule has 31 heavy (non-hydrogen) atoms. The van der Waals surface area contributed by atoms with Crippen molar-refractivity contribution in [3.05, 3.63) is 111 Å². The lowest BCUT2D eigenvalue weighted by Gasteiger charge is -2.25. The third kappa shape index (κ3) is 3.35. The van der Waals surface area contributed by atoms with Crippen LogP contribution in [0, 0.1) is 0 Å². The van der Waals surface area contributed by atoms with Crippen LogP contribution in [0.25, 0.3) is 11.4 Å². The van der Waals surface area contributed by atoms with E-state index in [9.17, 15) is 0 Å². The van der Waals surface area contributed by atoms with E-state index in [2.05, 4.69) is 74.5 Å². The van der Waals surface area contributed by atoms with Gasteiger partial charge in [-0.2, -0.15) is 0 Å². The number of rotatable bonds is 4. The van der Waals surface area contributed by atoms with Crippen molar-refractivity contribution in [2.45, 2.75) is 17.0 Å². The number of allylic oxidation sites excluding steroid dienone is 1.